The van der Waals surface area contributed by atoms with Crippen molar-refractivity contribution in [2.75, 3.05) is 45.9 Å². The van der Waals surface area contributed by atoms with Crippen molar-refractivity contribution in [1.29, 1.82) is 0 Å². The Hall–Kier alpha value is -3.13. The molecular formula is C22H26N4O4. The standard InChI is InChI=1S/C22H26N4O4/c1-3-8-26-17-13-25(14-18(27)24-9-11-30-12-10-24)21(28)19(17)20(23-22(26)29)16-6-4-15(2)5-7-16/h3-7,20H,1,8-14H2,2H3,(H,23,29)/t20-/m0/s1. The number of ether oxygens (including phenoxy) is 1. The zero-order chi connectivity index (χ0) is 21.3. The van der Waals surface area contributed by atoms with E-state index in [9.17, 15) is 14.4 Å². The quantitative estimate of drug-likeness (QED) is 0.740. The second kappa shape index (κ2) is 8.31. The number of aryl methyl sites for hydroxylation is 1. The van der Waals surface area contributed by atoms with Crippen LogP contribution >= 0.6 is 0 Å². The third-order valence-electron chi connectivity index (χ3n) is 5.71. The molecule has 0 saturated carbocycles. The van der Waals surface area contributed by atoms with Crippen molar-refractivity contribution in [2.24, 2.45) is 0 Å². The summed E-state index contributed by atoms with van der Waals surface area (Å²) in [4.78, 5) is 43.6. The fourth-order valence-electron chi connectivity index (χ4n) is 4.08. The third kappa shape index (κ3) is 3.70. The maximum absolute atomic E-state index is 13.3. The molecule has 0 spiro atoms. The molecule has 1 N–H and O–H groups in total. The van der Waals surface area contributed by atoms with E-state index < -0.39 is 6.04 Å². The molecule has 1 aromatic rings. The molecule has 3 heterocycles. The normalized spacial score (nSPS) is 21.6. The predicted octanol–water partition coefficient (Wildman–Crippen LogP) is 1.20. The minimum absolute atomic E-state index is 0.0113. The van der Waals surface area contributed by atoms with Crippen LogP contribution in [0.15, 0.2) is 48.2 Å². The van der Waals surface area contributed by atoms with Gasteiger partial charge in [-0.15, -0.1) is 6.58 Å². The number of benzene rings is 1. The Balaban J connectivity index is 1.61. The van der Waals surface area contributed by atoms with E-state index in [4.69, 9.17) is 4.74 Å². The number of carbonyl (C=O) groups is 3. The Morgan fingerprint density at radius 2 is 1.93 bits per heavy atom. The highest BCUT2D eigenvalue weighted by atomic mass is 16.5. The molecule has 0 unspecified atom stereocenters. The van der Waals surface area contributed by atoms with Crippen LogP contribution in [-0.4, -0.2) is 78.5 Å². The van der Waals surface area contributed by atoms with Gasteiger partial charge in [-0.1, -0.05) is 35.9 Å². The van der Waals surface area contributed by atoms with Crippen molar-refractivity contribution in [2.45, 2.75) is 13.0 Å². The van der Waals surface area contributed by atoms with Gasteiger partial charge in [-0.3, -0.25) is 14.5 Å². The maximum Gasteiger partial charge on any atom is 0.322 e. The molecule has 1 saturated heterocycles. The van der Waals surface area contributed by atoms with Crippen molar-refractivity contribution >= 4 is 17.8 Å². The van der Waals surface area contributed by atoms with Crippen LogP contribution in [0.25, 0.3) is 0 Å². The largest absolute Gasteiger partial charge is 0.378 e. The molecule has 1 atom stereocenters. The SMILES string of the molecule is C=CCN1C(=O)N[C@@H](c2ccc(C)cc2)C2=C1CN(CC(=O)N1CCOCC1)C2=O. The molecule has 8 heteroatoms. The van der Waals surface area contributed by atoms with Crippen molar-refractivity contribution in [1.82, 2.24) is 20.0 Å². The molecule has 30 heavy (non-hydrogen) atoms. The third-order valence-corrected chi connectivity index (χ3v) is 5.71. The summed E-state index contributed by atoms with van der Waals surface area (Å²) < 4.78 is 5.30. The van der Waals surface area contributed by atoms with Crippen LogP contribution in [0.3, 0.4) is 0 Å². The second-order valence-corrected chi connectivity index (χ2v) is 7.71. The average Bonchev–Trinajstić information content (AvgIpc) is 3.07. The highest BCUT2D eigenvalue weighted by Crippen LogP contribution is 2.36. The lowest BCUT2D eigenvalue weighted by atomic mass is 9.95. The van der Waals surface area contributed by atoms with Crippen molar-refractivity contribution in [3.8, 4) is 0 Å². The van der Waals surface area contributed by atoms with Gasteiger partial charge in [0.05, 0.1) is 37.1 Å². The van der Waals surface area contributed by atoms with Crippen LogP contribution in [0.5, 0.6) is 0 Å². The van der Waals surface area contributed by atoms with Crippen molar-refractivity contribution < 1.29 is 19.1 Å². The van der Waals surface area contributed by atoms with Gasteiger partial charge < -0.3 is 19.9 Å². The van der Waals surface area contributed by atoms with E-state index in [2.05, 4.69) is 11.9 Å². The molecule has 158 valence electrons. The molecule has 4 rings (SSSR count). The first-order valence-electron chi connectivity index (χ1n) is 10.1. The highest BCUT2D eigenvalue weighted by Gasteiger charge is 2.44. The van der Waals surface area contributed by atoms with Gasteiger partial charge >= 0.3 is 6.03 Å². The summed E-state index contributed by atoms with van der Waals surface area (Å²) in [5.74, 6) is -0.320. The van der Waals surface area contributed by atoms with Crippen LogP contribution < -0.4 is 5.32 Å². The summed E-state index contributed by atoms with van der Waals surface area (Å²) in [5, 5.41) is 2.95. The Labute approximate surface area is 175 Å². The maximum atomic E-state index is 13.3. The molecule has 0 bridgehead atoms. The molecule has 1 aromatic carbocycles. The fraction of sp³-hybridized carbons (Fsp3) is 0.409. The Kier molecular flexibility index (Phi) is 5.59. The van der Waals surface area contributed by atoms with Crippen molar-refractivity contribution in [3.05, 3.63) is 59.3 Å². The van der Waals surface area contributed by atoms with E-state index >= 15 is 0 Å². The minimum atomic E-state index is -0.537. The lowest BCUT2D eigenvalue weighted by molar-refractivity contribution is -0.140. The predicted molar refractivity (Wildman–Crippen MR) is 110 cm³/mol. The number of carbonyl (C=O) groups excluding carboxylic acids is 3. The van der Waals surface area contributed by atoms with Gasteiger partial charge in [0.2, 0.25) is 5.91 Å². The summed E-state index contributed by atoms with van der Waals surface area (Å²) in [6.07, 6.45) is 1.63. The van der Waals surface area contributed by atoms with Crippen LogP contribution in [-0.2, 0) is 14.3 Å². The summed E-state index contributed by atoms with van der Waals surface area (Å²) in [6.45, 7) is 8.30. The summed E-state index contributed by atoms with van der Waals surface area (Å²) in [6, 6.07) is 6.94. The highest BCUT2D eigenvalue weighted by molar-refractivity contribution is 6.03. The molecule has 1 fully saturated rings. The number of amides is 4. The van der Waals surface area contributed by atoms with E-state index in [1.807, 2.05) is 31.2 Å². The molecule has 0 aromatic heterocycles. The molecule has 3 aliphatic rings. The molecule has 4 amide bonds. The number of hydrogen-bond acceptors (Lipinski definition) is 4. The van der Waals surface area contributed by atoms with Crippen LogP contribution in [0.2, 0.25) is 0 Å². The van der Waals surface area contributed by atoms with E-state index in [0.29, 0.717) is 44.1 Å². The zero-order valence-electron chi connectivity index (χ0n) is 17.1. The molecule has 0 aliphatic carbocycles. The lowest BCUT2D eigenvalue weighted by Gasteiger charge is -2.33. The van der Waals surface area contributed by atoms with Gasteiger partial charge in [0.25, 0.3) is 5.91 Å². The summed E-state index contributed by atoms with van der Waals surface area (Å²) in [5.41, 5.74) is 3.10. The van der Waals surface area contributed by atoms with Gasteiger partial charge in [-0.05, 0) is 12.5 Å². The van der Waals surface area contributed by atoms with Crippen LogP contribution in [0.1, 0.15) is 17.2 Å². The van der Waals surface area contributed by atoms with Gasteiger partial charge in [-0.25, -0.2) is 4.79 Å². The first kappa shape index (κ1) is 20.2. The van der Waals surface area contributed by atoms with Gasteiger partial charge in [0, 0.05) is 19.6 Å². The van der Waals surface area contributed by atoms with Gasteiger partial charge in [0.1, 0.15) is 6.54 Å². The van der Waals surface area contributed by atoms with Crippen molar-refractivity contribution in [3.63, 3.8) is 0 Å². The fourth-order valence-corrected chi connectivity index (χ4v) is 4.08. The number of nitrogens with zero attached hydrogens (tertiary/aromatic N) is 3. The van der Waals surface area contributed by atoms with E-state index in [-0.39, 0.29) is 30.9 Å². The second-order valence-electron chi connectivity index (χ2n) is 7.71. The average molecular weight is 410 g/mol. The van der Waals surface area contributed by atoms with Gasteiger partial charge in [0.15, 0.2) is 0 Å². The first-order chi connectivity index (χ1) is 14.5. The topological polar surface area (TPSA) is 82.2 Å². The Morgan fingerprint density at radius 3 is 2.60 bits per heavy atom. The number of hydrogen-bond donors (Lipinski definition) is 1. The summed E-state index contributed by atoms with van der Waals surface area (Å²) >= 11 is 0. The number of urea groups is 1. The zero-order valence-corrected chi connectivity index (χ0v) is 17.1. The number of morpholine rings is 1. The molecule has 3 aliphatic heterocycles. The molecular weight excluding hydrogens is 384 g/mol. The Bertz CT molecular complexity index is 902. The van der Waals surface area contributed by atoms with Crippen LogP contribution in [0, 0.1) is 6.92 Å². The monoisotopic (exact) mass is 410 g/mol. The first-order valence-corrected chi connectivity index (χ1v) is 10.1. The van der Waals surface area contributed by atoms with Gasteiger partial charge in [-0.2, -0.15) is 0 Å². The van der Waals surface area contributed by atoms with Crippen LogP contribution in [0.4, 0.5) is 4.79 Å². The van der Waals surface area contributed by atoms with E-state index in [0.717, 1.165) is 11.1 Å². The minimum Gasteiger partial charge on any atom is -0.378 e. The summed E-state index contributed by atoms with van der Waals surface area (Å²) in [7, 11) is 0. The number of rotatable bonds is 5. The van der Waals surface area contributed by atoms with E-state index in [1.54, 1.807) is 11.0 Å². The lowest BCUT2D eigenvalue weighted by Crippen LogP contribution is -2.47. The van der Waals surface area contributed by atoms with E-state index in [1.165, 1.54) is 9.80 Å². The Morgan fingerprint density at radius 1 is 1.23 bits per heavy atom. The molecule has 0 radical (unpaired) electrons. The number of nitrogens with one attached hydrogen (secondary N) is 1. The smallest absolute Gasteiger partial charge is 0.322 e. The molecule has 8 nitrogen and oxygen atoms in total.